The van der Waals surface area contributed by atoms with Gasteiger partial charge in [-0.3, -0.25) is 4.98 Å². The van der Waals surface area contributed by atoms with Crippen LogP contribution in [0.4, 0.5) is 0 Å². The molecule has 14 heavy (non-hydrogen) atoms. The van der Waals surface area contributed by atoms with Gasteiger partial charge in [-0.05, 0) is 40.2 Å². The Bertz CT molecular complexity index is 566. The smallest absolute Gasteiger partial charge is 0.154 e. The Balaban J connectivity index is 2.34. The molecule has 1 aliphatic carbocycles. The van der Waals surface area contributed by atoms with E-state index in [1.54, 1.807) is 6.20 Å². The second kappa shape index (κ2) is 2.78. The molecule has 0 saturated heterocycles. The van der Waals surface area contributed by atoms with Gasteiger partial charge in [0.05, 0.1) is 11.2 Å². The van der Waals surface area contributed by atoms with Crippen LogP contribution in [0.2, 0.25) is 0 Å². The number of hydrogen-bond donors (Lipinski definition) is 0. The van der Waals surface area contributed by atoms with Crippen LogP contribution in [0.1, 0.15) is 0 Å². The fourth-order valence-electron chi connectivity index (χ4n) is 1.44. The van der Waals surface area contributed by atoms with Crippen molar-refractivity contribution in [1.29, 1.82) is 0 Å². The van der Waals surface area contributed by atoms with Crippen molar-refractivity contribution in [3.05, 3.63) is 41.2 Å². The first-order valence-electron chi connectivity index (χ1n) is 4.24. The van der Waals surface area contributed by atoms with Crippen LogP contribution in [-0.4, -0.2) is 14.8 Å². The highest BCUT2D eigenvalue weighted by Crippen LogP contribution is 2.25. The standard InChI is InChI=1S/C10H6BrN3/c11-10-9-8(5-2-6-12-9)14(13-10)7-3-1-4-7/h1-6H. The first kappa shape index (κ1) is 7.94. The topological polar surface area (TPSA) is 30.7 Å². The van der Waals surface area contributed by atoms with Crippen molar-refractivity contribution in [2.24, 2.45) is 0 Å². The molecule has 0 atom stereocenters. The molecule has 3 nitrogen and oxygen atoms in total. The van der Waals surface area contributed by atoms with Crippen LogP contribution >= 0.6 is 15.9 Å². The highest BCUT2D eigenvalue weighted by atomic mass is 79.9. The van der Waals surface area contributed by atoms with E-state index < -0.39 is 0 Å². The molecule has 68 valence electrons. The highest BCUT2D eigenvalue weighted by molar-refractivity contribution is 9.10. The largest absolute Gasteiger partial charge is 0.252 e. The zero-order chi connectivity index (χ0) is 9.54. The molecule has 2 heterocycles. The highest BCUT2D eigenvalue weighted by Gasteiger charge is 2.11. The van der Waals surface area contributed by atoms with Gasteiger partial charge in [0.15, 0.2) is 4.60 Å². The third-order valence-corrected chi connectivity index (χ3v) is 2.71. The summed E-state index contributed by atoms with van der Waals surface area (Å²) in [7, 11) is 0. The third kappa shape index (κ3) is 0.974. The molecule has 0 radical (unpaired) electrons. The lowest BCUT2D eigenvalue weighted by Gasteiger charge is -2.07. The van der Waals surface area contributed by atoms with Crippen molar-refractivity contribution >= 4 is 32.7 Å². The summed E-state index contributed by atoms with van der Waals surface area (Å²) < 4.78 is 2.67. The lowest BCUT2D eigenvalue weighted by atomic mass is 10.2. The second-order valence-corrected chi connectivity index (χ2v) is 3.78. The Morgan fingerprint density at radius 2 is 2.21 bits per heavy atom. The van der Waals surface area contributed by atoms with Gasteiger partial charge in [0.25, 0.3) is 0 Å². The molecule has 0 unspecified atom stereocenters. The number of allylic oxidation sites excluding steroid dienone is 4. The Morgan fingerprint density at radius 1 is 1.36 bits per heavy atom. The second-order valence-electron chi connectivity index (χ2n) is 3.02. The lowest BCUT2D eigenvalue weighted by molar-refractivity contribution is 0.922. The van der Waals surface area contributed by atoms with E-state index in [0.29, 0.717) is 0 Å². The molecule has 0 aliphatic heterocycles. The summed E-state index contributed by atoms with van der Waals surface area (Å²) in [4.78, 5) is 4.26. The molecule has 0 amide bonds. The summed E-state index contributed by atoms with van der Waals surface area (Å²) >= 11 is 3.39. The van der Waals surface area contributed by atoms with Gasteiger partial charge in [-0.1, -0.05) is 6.08 Å². The van der Waals surface area contributed by atoms with E-state index in [1.807, 2.05) is 35.0 Å². The van der Waals surface area contributed by atoms with Crippen LogP contribution in [0.3, 0.4) is 0 Å². The SMILES string of the molecule is Brc1nn(C2=CC=C2)c2cccnc12. The molecule has 2 aromatic heterocycles. The molecule has 2 aromatic rings. The zero-order valence-corrected chi connectivity index (χ0v) is 8.77. The molecule has 0 spiro atoms. The van der Waals surface area contributed by atoms with Crippen LogP contribution in [0.25, 0.3) is 16.7 Å². The van der Waals surface area contributed by atoms with Gasteiger partial charge in [-0.15, -0.1) is 0 Å². The Morgan fingerprint density at radius 3 is 2.93 bits per heavy atom. The average molecular weight is 248 g/mol. The molecule has 0 aromatic carbocycles. The van der Waals surface area contributed by atoms with Crippen molar-refractivity contribution in [2.75, 3.05) is 0 Å². The number of aromatic nitrogens is 3. The molecular weight excluding hydrogens is 242 g/mol. The monoisotopic (exact) mass is 247 g/mol. The van der Waals surface area contributed by atoms with Gasteiger partial charge in [0.1, 0.15) is 5.52 Å². The normalized spacial score (nSPS) is 14.2. The zero-order valence-electron chi connectivity index (χ0n) is 7.18. The Labute approximate surface area is 88.9 Å². The van der Waals surface area contributed by atoms with Crippen molar-refractivity contribution in [3.8, 4) is 0 Å². The molecule has 0 fully saturated rings. The summed E-state index contributed by atoms with van der Waals surface area (Å²) in [5.41, 5.74) is 3.01. The minimum Gasteiger partial charge on any atom is -0.252 e. The third-order valence-electron chi connectivity index (χ3n) is 2.18. The van der Waals surface area contributed by atoms with E-state index in [0.717, 1.165) is 21.3 Å². The summed E-state index contributed by atoms with van der Waals surface area (Å²) in [6.45, 7) is 0. The molecule has 4 heteroatoms. The van der Waals surface area contributed by atoms with Gasteiger partial charge >= 0.3 is 0 Å². The van der Waals surface area contributed by atoms with Gasteiger partial charge in [0.2, 0.25) is 0 Å². The maximum atomic E-state index is 4.36. The van der Waals surface area contributed by atoms with E-state index in [2.05, 4.69) is 26.0 Å². The lowest BCUT2D eigenvalue weighted by Crippen LogP contribution is -1.99. The maximum absolute atomic E-state index is 4.36. The number of pyridine rings is 1. The first-order chi connectivity index (χ1) is 6.86. The van der Waals surface area contributed by atoms with E-state index in [-0.39, 0.29) is 0 Å². The molecule has 0 N–H and O–H groups in total. The first-order valence-corrected chi connectivity index (χ1v) is 5.03. The van der Waals surface area contributed by atoms with Crippen molar-refractivity contribution in [1.82, 2.24) is 14.8 Å². The number of nitrogens with zero attached hydrogens (tertiary/aromatic N) is 3. The van der Waals surface area contributed by atoms with Gasteiger partial charge in [-0.25, -0.2) is 4.68 Å². The van der Waals surface area contributed by atoms with Gasteiger partial charge < -0.3 is 0 Å². The number of rotatable bonds is 1. The fourth-order valence-corrected chi connectivity index (χ4v) is 1.90. The number of hydrogen-bond acceptors (Lipinski definition) is 2. The predicted molar refractivity (Wildman–Crippen MR) is 58.6 cm³/mol. The molecule has 0 bridgehead atoms. The van der Waals surface area contributed by atoms with Gasteiger partial charge in [-0.2, -0.15) is 5.10 Å². The van der Waals surface area contributed by atoms with E-state index in [4.69, 9.17) is 0 Å². The van der Waals surface area contributed by atoms with E-state index >= 15 is 0 Å². The summed E-state index contributed by atoms with van der Waals surface area (Å²) in [5, 5.41) is 4.36. The van der Waals surface area contributed by atoms with Crippen LogP contribution in [0.5, 0.6) is 0 Å². The maximum Gasteiger partial charge on any atom is 0.154 e. The van der Waals surface area contributed by atoms with Crippen LogP contribution in [0.15, 0.2) is 41.2 Å². The average Bonchev–Trinajstić information content (AvgIpc) is 2.43. The van der Waals surface area contributed by atoms with Crippen molar-refractivity contribution < 1.29 is 0 Å². The quantitative estimate of drug-likeness (QED) is 0.776. The molecule has 0 saturated carbocycles. The molecule has 1 aliphatic rings. The fraction of sp³-hybridized carbons (Fsp3) is 0. The molecular formula is C10H6BrN3. The Kier molecular flexibility index (Phi) is 1.58. The molecule has 3 rings (SSSR count). The van der Waals surface area contributed by atoms with Crippen LogP contribution < -0.4 is 0 Å². The van der Waals surface area contributed by atoms with Crippen LogP contribution in [-0.2, 0) is 0 Å². The predicted octanol–water partition coefficient (Wildman–Crippen LogP) is 2.60. The van der Waals surface area contributed by atoms with Crippen LogP contribution in [0, 0.1) is 0 Å². The number of fused-ring (bicyclic) bond motifs is 1. The van der Waals surface area contributed by atoms with E-state index in [9.17, 15) is 0 Å². The van der Waals surface area contributed by atoms with E-state index in [1.165, 1.54) is 0 Å². The minimum atomic E-state index is 0.786. The van der Waals surface area contributed by atoms with Crippen molar-refractivity contribution in [3.63, 3.8) is 0 Å². The number of halogens is 1. The Hall–Kier alpha value is -1.42. The van der Waals surface area contributed by atoms with Crippen molar-refractivity contribution in [2.45, 2.75) is 0 Å². The van der Waals surface area contributed by atoms with Gasteiger partial charge in [0, 0.05) is 6.20 Å². The summed E-state index contributed by atoms with van der Waals surface area (Å²) in [6, 6.07) is 3.92. The summed E-state index contributed by atoms with van der Waals surface area (Å²) in [5.74, 6) is 0. The minimum absolute atomic E-state index is 0.786. The summed E-state index contributed by atoms with van der Waals surface area (Å²) in [6.07, 6.45) is 7.80.